The number of aromatic nitrogens is 1. The topological polar surface area (TPSA) is 77.8 Å². The predicted molar refractivity (Wildman–Crippen MR) is 67.8 cm³/mol. The summed E-state index contributed by atoms with van der Waals surface area (Å²) in [6.07, 6.45) is -3.69. The first kappa shape index (κ1) is 14.8. The van der Waals surface area contributed by atoms with Gasteiger partial charge in [0.1, 0.15) is 11.7 Å². The summed E-state index contributed by atoms with van der Waals surface area (Å²) in [5.41, 5.74) is -2.73. The number of hydrogen-bond donors (Lipinski definition) is 2. The summed E-state index contributed by atoms with van der Waals surface area (Å²) in [6.45, 7) is 4.98. The number of halogens is 3. The van der Waals surface area contributed by atoms with Crippen LogP contribution >= 0.6 is 0 Å². The zero-order valence-electron chi connectivity index (χ0n) is 11.0. The molecule has 1 fully saturated rings. The molecule has 0 radical (unpaired) electrons. The maximum atomic E-state index is 13.5. The van der Waals surface area contributed by atoms with Gasteiger partial charge >= 0.3 is 6.18 Å². The number of carbonyl (C=O) groups is 1. The van der Waals surface area contributed by atoms with Crippen LogP contribution in [0.2, 0.25) is 0 Å². The van der Waals surface area contributed by atoms with E-state index in [9.17, 15) is 18.0 Å². The molecule has 2 heterocycles. The van der Waals surface area contributed by atoms with Gasteiger partial charge in [0.05, 0.1) is 6.07 Å². The van der Waals surface area contributed by atoms with Gasteiger partial charge in [0.15, 0.2) is 0 Å². The number of alkyl halides is 3. The number of rotatable bonds is 2. The fraction of sp³-hybridized carbons (Fsp3) is 0.308. The van der Waals surface area contributed by atoms with E-state index >= 15 is 0 Å². The molecule has 1 saturated heterocycles. The molecule has 2 rings (SSSR count). The number of nitrogens with one attached hydrogen (secondary N) is 2. The summed E-state index contributed by atoms with van der Waals surface area (Å²) < 4.78 is 40.6. The quantitative estimate of drug-likeness (QED) is 0.873. The van der Waals surface area contributed by atoms with Crippen LogP contribution in [0.3, 0.4) is 0 Å². The third kappa shape index (κ3) is 2.20. The van der Waals surface area contributed by atoms with Crippen molar-refractivity contribution in [1.82, 2.24) is 10.3 Å². The number of nitriles is 1. The molecule has 0 unspecified atom stereocenters. The third-order valence-corrected chi connectivity index (χ3v) is 3.23. The first-order valence-electron chi connectivity index (χ1n) is 5.90. The van der Waals surface area contributed by atoms with Crippen LogP contribution in [0, 0.1) is 24.2 Å². The highest BCUT2D eigenvalue weighted by molar-refractivity contribution is 5.96. The maximum absolute atomic E-state index is 13.5. The maximum Gasteiger partial charge on any atom is 0.422 e. The Labute approximate surface area is 118 Å². The van der Waals surface area contributed by atoms with Gasteiger partial charge in [-0.15, -0.1) is 0 Å². The summed E-state index contributed by atoms with van der Waals surface area (Å²) in [7, 11) is 0. The van der Waals surface area contributed by atoms with Gasteiger partial charge in [-0.25, -0.2) is 4.98 Å². The van der Waals surface area contributed by atoms with Crippen LogP contribution in [0.1, 0.15) is 5.56 Å². The van der Waals surface area contributed by atoms with E-state index in [4.69, 9.17) is 5.26 Å². The Balaban J connectivity index is 2.56. The monoisotopic (exact) mass is 296 g/mol. The molecular weight excluding hydrogens is 285 g/mol. The Morgan fingerprint density at radius 2 is 2.24 bits per heavy atom. The molecule has 0 aromatic carbocycles. The molecule has 5 nitrogen and oxygen atoms in total. The molecule has 110 valence electrons. The van der Waals surface area contributed by atoms with Gasteiger partial charge < -0.3 is 10.6 Å². The number of carbonyl (C=O) groups excluding carboxylic acids is 1. The van der Waals surface area contributed by atoms with E-state index in [1.807, 2.05) is 5.32 Å². The molecule has 1 aliphatic heterocycles. The highest BCUT2D eigenvalue weighted by atomic mass is 19.4. The summed E-state index contributed by atoms with van der Waals surface area (Å²) in [5, 5.41) is 13.1. The number of hydrogen-bond acceptors (Lipinski definition) is 4. The second-order valence-corrected chi connectivity index (χ2v) is 4.69. The minimum atomic E-state index is -5.00. The first-order chi connectivity index (χ1) is 9.72. The number of pyridine rings is 1. The number of anilines is 1. The van der Waals surface area contributed by atoms with Gasteiger partial charge in [0.2, 0.25) is 5.54 Å². The lowest BCUT2D eigenvalue weighted by Gasteiger charge is -2.32. The molecular formula is C13H11F3N4O. The Bertz CT molecular complexity index is 650. The van der Waals surface area contributed by atoms with Crippen LogP contribution < -0.4 is 10.6 Å². The molecule has 1 aromatic heterocycles. The summed E-state index contributed by atoms with van der Waals surface area (Å²) in [6, 6.07) is 4.44. The highest BCUT2D eigenvalue weighted by Gasteiger charge is 2.69. The average molecular weight is 296 g/mol. The fourth-order valence-electron chi connectivity index (χ4n) is 2.18. The molecule has 0 aliphatic carbocycles. The van der Waals surface area contributed by atoms with Crippen LogP contribution in [0.5, 0.6) is 0 Å². The molecule has 8 heteroatoms. The lowest BCUT2D eigenvalue weighted by Crippen LogP contribution is -2.60. The van der Waals surface area contributed by atoms with Gasteiger partial charge in [0.25, 0.3) is 5.91 Å². The average Bonchev–Trinajstić information content (AvgIpc) is 2.60. The number of amides is 1. The van der Waals surface area contributed by atoms with Crippen LogP contribution in [-0.4, -0.2) is 22.6 Å². The van der Waals surface area contributed by atoms with Crippen molar-refractivity contribution in [3.05, 3.63) is 36.2 Å². The van der Waals surface area contributed by atoms with Crippen molar-refractivity contribution >= 4 is 11.7 Å². The van der Waals surface area contributed by atoms with Crippen LogP contribution in [0.4, 0.5) is 19.0 Å². The number of nitrogens with zero attached hydrogens (tertiary/aromatic N) is 2. The van der Waals surface area contributed by atoms with Gasteiger partial charge in [-0.1, -0.05) is 6.58 Å². The molecule has 2 N–H and O–H groups in total. The van der Waals surface area contributed by atoms with Gasteiger partial charge in [-0.2, -0.15) is 18.4 Å². The van der Waals surface area contributed by atoms with Gasteiger partial charge in [-0.05, 0) is 24.6 Å². The van der Waals surface area contributed by atoms with E-state index in [0.29, 0.717) is 5.56 Å². The smallest absolute Gasteiger partial charge is 0.347 e. The normalized spacial score (nSPS) is 25.4. The summed E-state index contributed by atoms with van der Waals surface area (Å²) in [5.74, 6) is -3.29. The molecule has 1 amide bonds. The fourth-order valence-corrected chi connectivity index (χ4v) is 2.18. The minimum absolute atomic E-state index is 0.141. The largest absolute Gasteiger partial charge is 0.422 e. The lowest BCUT2D eigenvalue weighted by molar-refractivity contribution is -0.185. The third-order valence-electron chi connectivity index (χ3n) is 3.23. The van der Waals surface area contributed by atoms with Gasteiger partial charge in [-0.3, -0.25) is 4.79 Å². The standard InChI is InChI=1S/C13H11F3N4O/c1-7-3-4-18-10(5-7)20-12(13(14,15)16)9(6-17)8(2)19-11(12)21/h3-5,9H,2H2,1H3,(H,18,20)(H,19,21)/t9-,12+/m1/s1. The van der Waals surface area contributed by atoms with Crippen molar-refractivity contribution in [1.29, 1.82) is 5.26 Å². The molecule has 0 saturated carbocycles. The van der Waals surface area contributed by atoms with E-state index in [1.165, 1.54) is 18.3 Å². The van der Waals surface area contributed by atoms with E-state index < -0.39 is 23.5 Å². The summed E-state index contributed by atoms with van der Waals surface area (Å²) >= 11 is 0. The zero-order chi connectivity index (χ0) is 15.8. The van der Waals surface area contributed by atoms with E-state index in [0.717, 1.165) is 0 Å². The van der Waals surface area contributed by atoms with Crippen molar-refractivity contribution < 1.29 is 18.0 Å². The number of aryl methyl sites for hydroxylation is 1. The Morgan fingerprint density at radius 1 is 1.57 bits per heavy atom. The minimum Gasteiger partial charge on any atom is -0.347 e. The Kier molecular flexibility index (Phi) is 3.37. The lowest BCUT2D eigenvalue weighted by atomic mass is 9.85. The van der Waals surface area contributed by atoms with Crippen molar-refractivity contribution in [3.8, 4) is 6.07 Å². The molecule has 21 heavy (non-hydrogen) atoms. The van der Waals surface area contributed by atoms with Crippen LogP contribution in [0.15, 0.2) is 30.6 Å². The summed E-state index contributed by atoms with van der Waals surface area (Å²) in [4.78, 5) is 15.6. The molecule has 0 bridgehead atoms. The van der Waals surface area contributed by atoms with Crippen LogP contribution in [-0.2, 0) is 4.79 Å². The predicted octanol–water partition coefficient (Wildman–Crippen LogP) is 1.89. The van der Waals surface area contributed by atoms with Crippen molar-refractivity contribution in [2.75, 3.05) is 5.32 Å². The van der Waals surface area contributed by atoms with Crippen molar-refractivity contribution in [2.24, 2.45) is 5.92 Å². The highest BCUT2D eigenvalue weighted by Crippen LogP contribution is 2.44. The zero-order valence-corrected chi connectivity index (χ0v) is 11.0. The Hall–Kier alpha value is -2.56. The van der Waals surface area contributed by atoms with Gasteiger partial charge in [0, 0.05) is 11.9 Å². The van der Waals surface area contributed by atoms with Crippen LogP contribution in [0.25, 0.3) is 0 Å². The SMILES string of the molecule is C=C1NC(=O)[C@](Nc2cc(C)ccn2)(C(F)(F)F)[C@@H]1C#N. The van der Waals surface area contributed by atoms with E-state index in [2.05, 4.69) is 16.9 Å². The molecule has 1 aliphatic rings. The molecule has 2 atom stereocenters. The van der Waals surface area contributed by atoms with Crippen molar-refractivity contribution in [3.63, 3.8) is 0 Å². The van der Waals surface area contributed by atoms with E-state index in [-0.39, 0.29) is 11.5 Å². The van der Waals surface area contributed by atoms with Crippen molar-refractivity contribution in [2.45, 2.75) is 18.6 Å². The second kappa shape index (κ2) is 4.77. The first-order valence-corrected chi connectivity index (χ1v) is 5.90. The molecule has 0 spiro atoms. The molecule has 1 aromatic rings. The van der Waals surface area contributed by atoms with E-state index in [1.54, 1.807) is 13.0 Å². The second-order valence-electron chi connectivity index (χ2n) is 4.69. The Morgan fingerprint density at radius 3 is 2.76 bits per heavy atom.